The quantitative estimate of drug-likeness (QED) is 0.843. The van der Waals surface area contributed by atoms with Crippen LogP contribution in [0.25, 0.3) is 0 Å². The van der Waals surface area contributed by atoms with E-state index in [0.717, 1.165) is 12.1 Å². The predicted molar refractivity (Wildman–Crippen MR) is 87.0 cm³/mol. The molecule has 2 rings (SSSR count). The molecule has 108 valence electrons. The summed E-state index contributed by atoms with van der Waals surface area (Å²) in [6, 6.07) is 11.8. The molecular weight excluding hydrogens is 280 g/mol. The van der Waals surface area contributed by atoms with E-state index < -0.39 is 0 Å². The normalized spacial score (nSPS) is 11.7. The zero-order chi connectivity index (χ0) is 15.4. The van der Waals surface area contributed by atoms with Crippen LogP contribution in [0.4, 0.5) is 5.69 Å². The minimum Gasteiger partial charge on any atom is -0.381 e. The third kappa shape index (κ3) is 3.93. The van der Waals surface area contributed by atoms with Crippen LogP contribution in [0.2, 0.25) is 0 Å². The molecule has 1 N–H and O–H groups in total. The van der Waals surface area contributed by atoms with Crippen molar-refractivity contribution in [1.29, 1.82) is 5.26 Å². The van der Waals surface area contributed by atoms with Gasteiger partial charge in [0.2, 0.25) is 0 Å². The van der Waals surface area contributed by atoms with E-state index in [0.29, 0.717) is 11.1 Å². The number of nitrogens with one attached hydrogen (secondary N) is 1. The number of hydrogen-bond acceptors (Lipinski definition) is 4. The van der Waals surface area contributed by atoms with E-state index >= 15 is 0 Å². The van der Waals surface area contributed by atoms with Crippen LogP contribution in [0.3, 0.4) is 0 Å². The lowest BCUT2D eigenvalue weighted by Crippen LogP contribution is -2.18. The van der Waals surface area contributed by atoms with Crippen molar-refractivity contribution >= 4 is 22.8 Å². The molecule has 2 aromatic rings. The number of nitrogens with zero attached hydrogens (tertiary/aromatic N) is 1. The van der Waals surface area contributed by atoms with Gasteiger partial charge in [0.15, 0.2) is 5.78 Å². The average molecular weight is 298 g/mol. The van der Waals surface area contributed by atoms with E-state index in [4.69, 9.17) is 0 Å². The number of ketones is 1. The minimum atomic E-state index is 0.00377. The second kappa shape index (κ2) is 6.55. The maximum atomic E-state index is 11.5. The summed E-state index contributed by atoms with van der Waals surface area (Å²) in [6.45, 7) is 5.70. The third-order valence-corrected chi connectivity index (χ3v) is 4.27. The summed E-state index contributed by atoms with van der Waals surface area (Å²) in [4.78, 5) is 14.1. The lowest BCUT2D eigenvalue weighted by Gasteiger charge is -2.16. The Balaban J connectivity index is 2.15. The molecule has 1 aromatic heterocycles. The largest absolute Gasteiger partial charge is 0.381 e. The highest BCUT2D eigenvalue weighted by atomic mass is 32.1. The summed E-state index contributed by atoms with van der Waals surface area (Å²) in [5.41, 5.74) is 1.91. The highest BCUT2D eigenvalue weighted by Gasteiger charge is 2.10. The van der Waals surface area contributed by atoms with Gasteiger partial charge in [-0.15, -0.1) is 11.3 Å². The number of thiophene rings is 1. The fourth-order valence-electron chi connectivity index (χ4n) is 2.19. The van der Waals surface area contributed by atoms with Crippen molar-refractivity contribution in [2.24, 2.45) is 0 Å². The van der Waals surface area contributed by atoms with Gasteiger partial charge in [-0.25, -0.2) is 0 Å². The Labute approximate surface area is 129 Å². The first-order valence-electron chi connectivity index (χ1n) is 6.86. The number of nitriles is 1. The van der Waals surface area contributed by atoms with E-state index in [-0.39, 0.29) is 11.8 Å². The zero-order valence-electron chi connectivity index (χ0n) is 12.4. The highest BCUT2D eigenvalue weighted by Crippen LogP contribution is 2.21. The highest BCUT2D eigenvalue weighted by molar-refractivity contribution is 7.11. The number of carbonyl (C=O) groups excluding carboxylic acids is 1. The molecule has 0 saturated carbocycles. The molecule has 0 aliphatic rings. The van der Waals surface area contributed by atoms with Gasteiger partial charge in [-0.3, -0.25) is 4.79 Å². The van der Waals surface area contributed by atoms with Gasteiger partial charge in [-0.2, -0.15) is 5.26 Å². The molecule has 1 heterocycles. The van der Waals surface area contributed by atoms with Crippen LogP contribution in [0.5, 0.6) is 0 Å². The lowest BCUT2D eigenvalue weighted by molar-refractivity contribution is 0.101. The summed E-state index contributed by atoms with van der Waals surface area (Å²) >= 11 is 1.79. The molecule has 0 saturated heterocycles. The third-order valence-electron chi connectivity index (χ3n) is 3.25. The van der Waals surface area contributed by atoms with Crippen LogP contribution in [-0.2, 0) is 6.42 Å². The SMILES string of the molecule is CC(=O)c1ccc(C#N)c(NC(C)Cc2ccc(C)s2)c1. The van der Waals surface area contributed by atoms with Crippen molar-refractivity contribution in [2.45, 2.75) is 33.2 Å². The predicted octanol–water partition coefficient (Wildman–Crippen LogP) is 4.17. The molecule has 0 radical (unpaired) electrons. The second-order valence-electron chi connectivity index (χ2n) is 5.19. The Hall–Kier alpha value is -2.12. The van der Waals surface area contributed by atoms with Crippen LogP contribution in [0.1, 0.15) is 39.5 Å². The van der Waals surface area contributed by atoms with Gasteiger partial charge in [0.25, 0.3) is 0 Å². The number of aryl methyl sites for hydroxylation is 1. The maximum absolute atomic E-state index is 11.5. The first kappa shape index (κ1) is 15.3. The molecule has 1 atom stereocenters. The van der Waals surface area contributed by atoms with Crippen molar-refractivity contribution in [3.8, 4) is 6.07 Å². The van der Waals surface area contributed by atoms with Crippen LogP contribution in [-0.4, -0.2) is 11.8 Å². The van der Waals surface area contributed by atoms with Crippen molar-refractivity contribution in [3.63, 3.8) is 0 Å². The van der Waals surface area contributed by atoms with Gasteiger partial charge in [0, 0.05) is 27.8 Å². The zero-order valence-corrected chi connectivity index (χ0v) is 13.3. The van der Waals surface area contributed by atoms with Crippen LogP contribution >= 0.6 is 11.3 Å². The van der Waals surface area contributed by atoms with Gasteiger partial charge in [0.1, 0.15) is 6.07 Å². The number of carbonyl (C=O) groups is 1. The number of anilines is 1. The minimum absolute atomic E-state index is 0.00377. The maximum Gasteiger partial charge on any atom is 0.159 e. The Bertz CT molecular complexity index is 697. The van der Waals surface area contributed by atoms with Crippen molar-refractivity contribution < 1.29 is 4.79 Å². The molecule has 4 heteroatoms. The van der Waals surface area contributed by atoms with Gasteiger partial charge in [-0.05, 0) is 51.1 Å². The van der Waals surface area contributed by atoms with Gasteiger partial charge in [0.05, 0.1) is 11.3 Å². The standard InChI is InChI=1S/C17H18N2OS/c1-11(8-16-7-4-12(2)21-16)19-17-9-14(13(3)20)5-6-15(17)10-18/h4-7,9,11,19H,8H2,1-3H3. The smallest absolute Gasteiger partial charge is 0.159 e. The number of rotatable bonds is 5. The number of hydrogen-bond donors (Lipinski definition) is 1. The summed E-state index contributed by atoms with van der Waals surface area (Å²) in [5, 5.41) is 12.5. The number of benzene rings is 1. The molecule has 3 nitrogen and oxygen atoms in total. The summed E-state index contributed by atoms with van der Waals surface area (Å²) in [5.74, 6) is 0.00377. The lowest BCUT2D eigenvalue weighted by atomic mass is 10.1. The molecule has 0 spiro atoms. The Morgan fingerprint density at radius 1 is 1.38 bits per heavy atom. The first-order valence-corrected chi connectivity index (χ1v) is 7.68. The molecule has 0 fully saturated rings. The molecular formula is C17H18N2OS. The second-order valence-corrected chi connectivity index (χ2v) is 6.56. The Morgan fingerprint density at radius 2 is 2.14 bits per heavy atom. The Morgan fingerprint density at radius 3 is 2.71 bits per heavy atom. The molecule has 1 aromatic carbocycles. The average Bonchev–Trinajstić information content (AvgIpc) is 2.83. The Kier molecular flexibility index (Phi) is 4.77. The van der Waals surface area contributed by atoms with E-state index in [2.05, 4.69) is 37.4 Å². The van der Waals surface area contributed by atoms with Crippen molar-refractivity contribution in [3.05, 3.63) is 51.2 Å². The van der Waals surface area contributed by atoms with E-state index in [1.165, 1.54) is 16.7 Å². The van der Waals surface area contributed by atoms with Crippen LogP contribution in [0.15, 0.2) is 30.3 Å². The van der Waals surface area contributed by atoms with Gasteiger partial charge < -0.3 is 5.32 Å². The molecule has 21 heavy (non-hydrogen) atoms. The first-order chi connectivity index (χ1) is 9.99. The summed E-state index contributed by atoms with van der Waals surface area (Å²) in [7, 11) is 0. The fourth-order valence-corrected chi connectivity index (χ4v) is 3.21. The molecule has 0 amide bonds. The van der Waals surface area contributed by atoms with Gasteiger partial charge >= 0.3 is 0 Å². The molecule has 0 aliphatic heterocycles. The fraction of sp³-hybridized carbons (Fsp3) is 0.294. The van der Waals surface area contributed by atoms with Crippen LogP contribution in [0, 0.1) is 18.3 Å². The van der Waals surface area contributed by atoms with Crippen molar-refractivity contribution in [2.75, 3.05) is 5.32 Å². The van der Waals surface area contributed by atoms with E-state index in [1.54, 1.807) is 29.5 Å². The summed E-state index contributed by atoms with van der Waals surface area (Å²) < 4.78 is 0. The topological polar surface area (TPSA) is 52.9 Å². The van der Waals surface area contributed by atoms with Gasteiger partial charge in [-0.1, -0.05) is 0 Å². The van der Waals surface area contributed by atoms with Crippen LogP contribution < -0.4 is 5.32 Å². The van der Waals surface area contributed by atoms with E-state index in [1.807, 2.05) is 0 Å². The summed E-state index contributed by atoms with van der Waals surface area (Å²) in [6.07, 6.45) is 0.897. The number of Topliss-reactive ketones (excluding diaryl/α,β-unsaturated/α-hetero) is 1. The van der Waals surface area contributed by atoms with E-state index in [9.17, 15) is 10.1 Å². The monoisotopic (exact) mass is 298 g/mol. The molecule has 0 bridgehead atoms. The molecule has 1 unspecified atom stereocenters. The van der Waals surface area contributed by atoms with Crippen molar-refractivity contribution in [1.82, 2.24) is 0 Å². The molecule has 0 aliphatic carbocycles.